The molecule has 0 bridgehead atoms. The van der Waals surface area contributed by atoms with Crippen molar-refractivity contribution in [2.45, 2.75) is 143 Å². The number of benzene rings is 2. The number of aliphatic imine (C=N–C) groups is 1. The molecule has 3 rings (SSSR count). The van der Waals surface area contributed by atoms with E-state index < -0.39 is 45.5 Å². The van der Waals surface area contributed by atoms with Crippen molar-refractivity contribution in [3.63, 3.8) is 0 Å². The second kappa shape index (κ2) is 15.5. The minimum atomic E-state index is -4.10. The Morgan fingerprint density at radius 1 is 0.942 bits per heavy atom. The fraction of sp³-hybridized carbons (Fsp3) is 0.590. The molecule has 1 heterocycles. The molecule has 6 N–H and O–H groups in total. The Morgan fingerprint density at radius 3 is 2.00 bits per heavy atom. The van der Waals surface area contributed by atoms with E-state index >= 15 is 0 Å². The van der Waals surface area contributed by atoms with Crippen LogP contribution in [0.2, 0.25) is 0 Å². The van der Waals surface area contributed by atoms with Gasteiger partial charge >= 0.3 is 5.97 Å². The van der Waals surface area contributed by atoms with Crippen molar-refractivity contribution in [3.05, 3.63) is 57.1 Å². The van der Waals surface area contributed by atoms with Gasteiger partial charge in [-0.15, -0.1) is 0 Å². The van der Waals surface area contributed by atoms with Crippen LogP contribution in [0, 0.1) is 26.7 Å². The number of carbonyl (C=O) groups is 3. The van der Waals surface area contributed by atoms with E-state index in [-0.39, 0.29) is 47.0 Å². The van der Waals surface area contributed by atoms with Crippen molar-refractivity contribution in [1.82, 2.24) is 15.4 Å². The fourth-order valence-electron chi connectivity index (χ4n) is 6.27. The summed E-state index contributed by atoms with van der Waals surface area (Å²) in [4.78, 5) is 43.4. The van der Waals surface area contributed by atoms with Gasteiger partial charge in [-0.2, -0.15) is 0 Å². The van der Waals surface area contributed by atoms with Gasteiger partial charge in [0.1, 0.15) is 23.4 Å². The quantitative estimate of drug-likeness (QED) is 0.110. The lowest BCUT2D eigenvalue weighted by molar-refractivity contribution is -0.142. The van der Waals surface area contributed by atoms with Crippen molar-refractivity contribution in [2.24, 2.45) is 16.6 Å². The number of aliphatic carboxylic acids is 1. The molecule has 2 amide bonds. The summed E-state index contributed by atoms with van der Waals surface area (Å²) in [7, 11) is -4.10. The number of fused-ring (bicyclic) bond motifs is 1. The molecule has 0 saturated carbocycles. The van der Waals surface area contributed by atoms with Gasteiger partial charge in [0.15, 0.2) is 0 Å². The summed E-state index contributed by atoms with van der Waals surface area (Å²) >= 11 is 0. The van der Waals surface area contributed by atoms with Gasteiger partial charge in [-0.3, -0.25) is 14.6 Å². The Hall–Kier alpha value is -4.13. The normalized spacial score (nSPS) is 15.8. The number of guanidine groups is 1. The molecule has 1 aliphatic rings. The summed E-state index contributed by atoms with van der Waals surface area (Å²) < 4.78 is 35.4. The highest BCUT2D eigenvalue weighted by molar-refractivity contribution is 7.90. The Labute approximate surface area is 309 Å². The molecule has 2 atom stereocenters. The first-order valence-electron chi connectivity index (χ1n) is 17.8. The van der Waals surface area contributed by atoms with Crippen LogP contribution < -0.4 is 25.8 Å². The Bertz CT molecular complexity index is 1820. The molecule has 2 aromatic rings. The molecule has 12 nitrogen and oxygen atoms in total. The van der Waals surface area contributed by atoms with Crippen LogP contribution in [0.15, 0.2) is 28.1 Å². The molecule has 0 aliphatic carbocycles. The van der Waals surface area contributed by atoms with Crippen LogP contribution in [0.1, 0.15) is 126 Å². The Kier molecular flexibility index (Phi) is 12.6. The number of nitrogens with two attached hydrogens (primary N) is 1. The molecule has 1 aliphatic heterocycles. The first-order chi connectivity index (χ1) is 23.7. The lowest BCUT2D eigenvalue weighted by Crippen LogP contribution is -2.53. The van der Waals surface area contributed by atoms with Gasteiger partial charge in [0.2, 0.25) is 11.9 Å². The number of hydrogen-bond acceptors (Lipinski definition) is 7. The number of amides is 2. The SMILES string of the molecule is Cc1c(C)c(S(=O)(=O)NC(N)=NCCCC(NC(=O)C(NC(=O)c2cc(C(C)(C)C)cc(C(C)(C)C)c2)C(C)C)C(=O)O)c(C)c2c1OC(C)(C)C2. The number of nitrogens with one attached hydrogen (secondary N) is 3. The van der Waals surface area contributed by atoms with Crippen molar-refractivity contribution < 1.29 is 32.6 Å². The summed E-state index contributed by atoms with van der Waals surface area (Å²) in [6.07, 6.45) is 0.733. The summed E-state index contributed by atoms with van der Waals surface area (Å²) in [5.41, 5.74) is 10.2. The zero-order chi connectivity index (χ0) is 39.7. The van der Waals surface area contributed by atoms with E-state index in [1.165, 1.54) is 0 Å². The van der Waals surface area contributed by atoms with E-state index in [9.17, 15) is 27.9 Å². The standard InChI is InChI=1S/C39H59N5O7S/c1-21(2)30(43-33(45)25-17-26(37(6,7)8)19-27(18-25)38(9,10)11)34(46)42-29(35(47)48)15-14-16-41-36(40)44-52(49,50)32-23(4)22(3)31-28(24(32)5)20-39(12,13)51-31/h17-19,21,29-30H,14-16,20H2,1-13H3,(H,42,46)(H,43,45)(H,47,48)(H3,40,41,44). The van der Waals surface area contributed by atoms with Crippen molar-refractivity contribution >= 4 is 33.8 Å². The summed E-state index contributed by atoms with van der Waals surface area (Å²) in [5.74, 6) is -2.27. The molecule has 2 aromatic carbocycles. The van der Waals surface area contributed by atoms with Gasteiger partial charge in [0.05, 0.1) is 4.90 Å². The highest BCUT2D eigenvalue weighted by Gasteiger charge is 2.37. The van der Waals surface area contributed by atoms with Crippen LogP contribution in [0.5, 0.6) is 5.75 Å². The minimum absolute atomic E-state index is 0.00177. The van der Waals surface area contributed by atoms with Crippen molar-refractivity contribution in [2.75, 3.05) is 6.54 Å². The number of hydrogen-bond donors (Lipinski definition) is 5. The zero-order valence-electron chi connectivity index (χ0n) is 33.1. The van der Waals surface area contributed by atoms with Gasteiger partial charge in [0, 0.05) is 24.1 Å². The minimum Gasteiger partial charge on any atom is -0.487 e. The van der Waals surface area contributed by atoms with E-state index in [1.54, 1.807) is 27.7 Å². The smallest absolute Gasteiger partial charge is 0.326 e. The monoisotopic (exact) mass is 741 g/mol. The number of carboxylic acids is 1. The van der Waals surface area contributed by atoms with Crippen LogP contribution in [-0.4, -0.2) is 61.5 Å². The maximum absolute atomic E-state index is 13.5. The first kappa shape index (κ1) is 42.3. The predicted molar refractivity (Wildman–Crippen MR) is 205 cm³/mol. The summed E-state index contributed by atoms with van der Waals surface area (Å²) in [5, 5.41) is 15.3. The molecule has 0 radical (unpaired) electrons. The molecular weight excluding hydrogens is 683 g/mol. The Balaban J connectivity index is 1.69. The molecule has 0 spiro atoms. The van der Waals surface area contributed by atoms with Crippen molar-refractivity contribution in [3.8, 4) is 5.75 Å². The van der Waals surface area contributed by atoms with Gasteiger partial charge in [0.25, 0.3) is 15.9 Å². The van der Waals surface area contributed by atoms with Gasteiger partial charge in [-0.25, -0.2) is 17.9 Å². The van der Waals surface area contributed by atoms with E-state index in [4.69, 9.17) is 10.5 Å². The van der Waals surface area contributed by atoms with Crippen LogP contribution in [0.4, 0.5) is 0 Å². The van der Waals surface area contributed by atoms with E-state index in [0.29, 0.717) is 28.9 Å². The van der Waals surface area contributed by atoms with Crippen LogP contribution in [-0.2, 0) is 36.9 Å². The Morgan fingerprint density at radius 2 is 1.50 bits per heavy atom. The predicted octanol–water partition coefficient (Wildman–Crippen LogP) is 5.32. The number of ether oxygens (including phenoxy) is 1. The number of rotatable bonds is 12. The molecule has 0 aromatic heterocycles. The third kappa shape index (κ3) is 10.0. The first-order valence-corrected chi connectivity index (χ1v) is 19.3. The number of sulfonamides is 1. The molecule has 2 unspecified atom stereocenters. The molecule has 288 valence electrons. The number of nitrogens with zero attached hydrogens (tertiary/aromatic N) is 1. The number of carboxylic acid groups (broad SMARTS) is 1. The fourth-order valence-corrected chi connectivity index (χ4v) is 7.79. The zero-order valence-corrected chi connectivity index (χ0v) is 33.9. The number of carbonyl (C=O) groups excluding carboxylic acids is 2. The molecule has 0 fully saturated rings. The summed E-state index contributed by atoms with van der Waals surface area (Å²) in [6.45, 7) is 25.2. The highest BCUT2D eigenvalue weighted by Crippen LogP contribution is 2.43. The lowest BCUT2D eigenvalue weighted by Gasteiger charge is -2.27. The van der Waals surface area contributed by atoms with Crippen molar-refractivity contribution in [1.29, 1.82) is 0 Å². The van der Waals surface area contributed by atoms with Gasteiger partial charge in [-0.05, 0) is 104 Å². The second-order valence-electron chi connectivity index (χ2n) is 17.0. The van der Waals surface area contributed by atoms with Crippen LogP contribution in [0.3, 0.4) is 0 Å². The van der Waals surface area contributed by atoms with Gasteiger partial charge in [-0.1, -0.05) is 61.5 Å². The summed E-state index contributed by atoms with van der Waals surface area (Å²) in [6, 6.07) is 3.48. The van der Waals surface area contributed by atoms with E-state index in [1.807, 2.05) is 32.9 Å². The average molecular weight is 742 g/mol. The third-order valence-corrected chi connectivity index (χ3v) is 11.1. The third-order valence-electron chi connectivity index (χ3n) is 9.51. The van der Waals surface area contributed by atoms with E-state index in [2.05, 4.69) is 68.0 Å². The maximum Gasteiger partial charge on any atom is 0.326 e. The molecular formula is C39H59N5O7S. The van der Waals surface area contributed by atoms with Crippen LogP contribution >= 0.6 is 0 Å². The largest absolute Gasteiger partial charge is 0.487 e. The lowest BCUT2D eigenvalue weighted by atomic mass is 9.79. The van der Waals surface area contributed by atoms with E-state index in [0.717, 1.165) is 22.3 Å². The van der Waals surface area contributed by atoms with Crippen LogP contribution in [0.25, 0.3) is 0 Å². The molecule has 13 heteroatoms. The molecule has 52 heavy (non-hydrogen) atoms. The topological polar surface area (TPSA) is 189 Å². The molecule has 0 saturated heterocycles. The average Bonchev–Trinajstić information content (AvgIpc) is 3.34. The van der Waals surface area contributed by atoms with Gasteiger partial charge < -0.3 is 26.2 Å². The highest BCUT2D eigenvalue weighted by atomic mass is 32.2. The second-order valence-corrected chi connectivity index (χ2v) is 18.6. The maximum atomic E-state index is 13.5.